The maximum Gasteiger partial charge on any atom is 0.0531 e. The number of benzene rings is 2. The number of aromatic nitrogens is 1. The molecule has 0 atom stereocenters. The first-order valence-corrected chi connectivity index (χ1v) is 7.47. The molecule has 0 saturated carbocycles. The van der Waals surface area contributed by atoms with Crippen LogP contribution < -0.4 is 0 Å². The number of hydrogen-bond donors (Lipinski definition) is 4. The average molecular weight is 301 g/mol. The van der Waals surface area contributed by atoms with E-state index in [1.165, 1.54) is 21.8 Å². The molecule has 118 valence electrons. The van der Waals surface area contributed by atoms with E-state index in [1.54, 1.807) is 0 Å². The molecule has 0 radical (unpaired) electrons. The largest absolute Gasteiger partial charge is 0.396 e. The summed E-state index contributed by atoms with van der Waals surface area (Å²) in [5.74, 6) is 0. The van der Waals surface area contributed by atoms with Crippen molar-refractivity contribution in [3.8, 4) is 0 Å². The Hall–Kier alpha value is -1.88. The third kappa shape index (κ3) is 3.30. The number of hydrogen-bond acceptors (Lipinski definition) is 3. The molecule has 4 nitrogen and oxygen atoms in total. The number of rotatable bonds is 4. The van der Waals surface area contributed by atoms with Crippen LogP contribution in [-0.2, 0) is 0 Å². The zero-order chi connectivity index (χ0) is 16.0. The molecule has 2 aromatic carbocycles. The molecule has 0 unspecified atom stereocenters. The molecule has 3 rings (SSSR count). The Morgan fingerprint density at radius 1 is 0.773 bits per heavy atom. The van der Waals surface area contributed by atoms with E-state index in [2.05, 4.69) is 53.5 Å². The van der Waals surface area contributed by atoms with Gasteiger partial charge >= 0.3 is 0 Å². The first-order valence-electron chi connectivity index (χ1n) is 7.47. The monoisotopic (exact) mass is 301 g/mol. The summed E-state index contributed by atoms with van der Waals surface area (Å²) in [6, 6.07) is 16.8. The van der Waals surface area contributed by atoms with Crippen molar-refractivity contribution in [1.29, 1.82) is 0 Å². The van der Waals surface area contributed by atoms with Crippen LogP contribution >= 0.6 is 0 Å². The summed E-state index contributed by atoms with van der Waals surface area (Å²) in [6.45, 7) is 1.35. The van der Waals surface area contributed by atoms with E-state index >= 15 is 0 Å². The van der Waals surface area contributed by atoms with Gasteiger partial charge in [0.1, 0.15) is 0 Å². The fourth-order valence-electron chi connectivity index (χ4n) is 2.28. The minimum absolute atomic E-state index is 0.156. The third-order valence-corrected chi connectivity index (χ3v) is 4.17. The first kappa shape index (κ1) is 16.5. The van der Waals surface area contributed by atoms with Gasteiger partial charge in [-0.1, -0.05) is 43.3 Å². The topological polar surface area (TPSA) is 76.5 Å². The van der Waals surface area contributed by atoms with Gasteiger partial charge in [0, 0.05) is 27.2 Å². The lowest BCUT2D eigenvalue weighted by Gasteiger charge is -2.24. The Bertz CT molecular complexity index is 648. The van der Waals surface area contributed by atoms with Crippen molar-refractivity contribution >= 4 is 21.8 Å². The van der Waals surface area contributed by atoms with Crippen molar-refractivity contribution in [2.75, 3.05) is 19.8 Å². The number of nitrogens with one attached hydrogen (secondary N) is 1. The highest BCUT2D eigenvalue weighted by Gasteiger charge is 2.24. The predicted molar refractivity (Wildman–Crippen MR) is 89.8 cm³/mol. The molecule has 0 aliphatic carbocycles. The Balaban J connectivity index is 0.000000175. The van der Waals surface area contributed by atoms with Crippen LogP contribution in [0.1, 0.15) is 13.3 Å². The van der Waals surface area contributed by atoms with Gasteiger partial charge in [-0.05, 0) is 18.6 Å². The summed E-state index contributed by atoms with van der Waals surface area (Å²) in [5, 5.41) is 28.6. The number of para-hydroxylation sites is 2. The van der Waals surface area contributed by atoms with Gasteiger partial charge in [0.2, 0.25) is 0 Å². The second-order valence-corrected chi connectivity index (χ2v) is 5.54. The number of aliphatic hydroxyl groups excluding tert-OH is 3. The number of fused-ring (bicyclic) bond motifs is 3. The molecular weight excluding hydrogens is 278 g/mol. The molecule has 4 N–H and O–H groups in total. The van der Waals surface area contributed by atoms with Crippen molar-refractivity contribution in [2.45, 2.75) is 13.3 Å². The lowest BCUT2D eigenvalue weighted by atomic mass is 9.88. The van der Waals surface area contributed by atoms with E-state index in [9.17, 15) is 0 Å². The van der Waals surface area contributed by atoms with E-state index in [0.29, 0.717) is 6.42 Å². The van der Waals surface area contributed by atoms with Crippen LogP contribution in [0.3, 0.4) is 0 Å². The van der Waals surface area contributed by atoms with Gasteiger partial charge in [-0.15, -0.1) is 0 Å². The van der Waals surface area contributed by atoms with Gasteiger partial charge < -0.3 is 20.3 Å². The molecule has 0 spiro atoms. The van der Waals surface area contributed by atoms with E-state index in [-0.39, 0.29) is 19.8 Å². The van der Waals surface area contributed by atoms with Gasteiger partial charge in [-0.25, -0.2) is 0 Å². The molecular formula is C18H23NO3. The van der Waals surface area contributed by atoms with Crippen LogP contribution in [0.25, 0.3) is 21.8 Å². The van der Waals surface area contributed by atoms with Gasteiger partial charge in [-0.2, -0.15) is 0 Å². The Kier molecular flexibility index (Phi) is 5.55. The molecule has 22 heavy (non-hydrogen) atoms. The SMILES string of the molecule is CCC(CO)(CO)CO.c1ccc2c(c1)[nH]c1ccccc12. The lowest BCUT2D eigenvalue weighted by molar-refractivity contribution is 0.00304. The highest BCUT2D eigenvalue weighted by Crippen LogP contribution is 2.24. The normalized spacial score (nSPS) is 11.5. The molecule has 0 bridgehead atoms. The van der Waals surface area contributed by atoms with Crippen molar-refractivity contribution in [2.24, 2.45) is 5.41 Å². The summed E-state index contributed by atoms with van der Waals surface area (Å²) in [7, 11) is 0. The van der Waals surface area contributed by atoms with Crippen molar-refractivity contribution in [3.05, 3.63) is 48.5 Å². The standard InChI is InChI=1S/C12H9N.C6H14O3/c1-3-7-11-9(5-1)10-6-2-4-8-12(10)13-11;1-2-6(3-7,4-8)5-9/h1-8,13H;7-9H,2-5H2,1H3. The Labute approximate surface area is 130 Å². The van der Waals surface area contributed by atoms with Crippen LogP contribution in [0.5, 0.6) is 0 Å². The summed E-state index contributed by atoms with van der Waals surface area (Å²) in [6.07, 6.45) is 0.594. The molecule has 3 aromatic rings. The van der Waals surface area contributed by atoms with Crippen LogP contribution in [-0.4, -0.2) is 40.1 Å². The maximum absolute atomic E-state index is 8.66. The number of aromatic amines is 1. The van der Waals surface area contributed by atoms with E-state index in [0.717, 1.165) is 0 Å². The first-order chi connectivity index (χ1) is 10.7. The highest BCUT2D eigenvalue weighted by molar-refractivity contribution is 6.06. The summed E-state index contributed by atoms with van der Waals surface area (Å²) in [5.41, 5.74) is 1.76. The molecule has 0 aliphatic heterocycles. The number of aliphatic hydroxyl groups is 3. The van der Waals surface area contributed by atoms with Crippen LogP contribution in [0.2, 0.25) is 0 Å². The lowest BCUT2D eigenvalue weighted by Crippen LogP contribution is -2.32. The molecule has 4 heteroatoms. The fraction of sp³-hybridized carbons (Fsp3) is 0.333. The predicted octanol–water partition coefficient (Wildman–Crippen LogP) is 2.68. The molecule has 0 aliphatic rings. The average Bonchev–Trinajstić information content (AvgIpc) is 2.97. The summed E-state index contributed by atoms with van der Waals surface area (Å²) >= 11 is 0. The zero-order valence-electron chi connectivity index (χ0n) is 12.8. The van der Waals surface area contributed by atoms with Crippen molar-refractivity contribution in [3.63, 3.8) is 0 Å². The highest BCUT2D eigenvalue weighted by atomic mass is 16.3. The Morgan fingerprint density at radius 3 is 1.50 bits per heavy atom. The molecule has 1 heterocycles. The third-order valence-electron chi connectivity index (χ3n) is 4.17. The van der Waals surface area contributed by atoms with Crippen molar-refractivity contribution in [1.82, 2.24) is 4.98 Å². The van der Waals surface area contributed by atoms with Gasteiger partial charge in [0.05, 0.1) is 19.8 Å². The molecule has 0 saturated heterocycles. The van der Waals surface area contributed by atoms with E-state index in [1.807, 2.05) is 6.92 Å². The van der Waals surface area contributed by atoms with E-state index < -0.39 is 5.41 Å². The van der Waals surface area contributed by atoms with Crippen LogP contribution in [0, 0.1) is 5.41 Å². The molecule has 0 fully saturated rings. The summed E-state index contributed by atoms with van der Waals surface area (Å²) < 4.78 is 0. The van der Waals surface area contributed by atoms with Crippen LogP contribution in [0.15, 0.2) is 48.5 Å². The van der Waals surface area contributed by atoms with Gasteiger partial charge in [0.25, 0.3) is 0 Å². The Morgan fingerprint density at radius 2 is 1.18 bits per heavy atom. The van der Waals surface area contributed by atoms with E-state index in [4.69, 9.17) is 15.3 Å². The molecule has 0 amide bonds. The maximum atomic E-state index is 8.66. The van der Waals surface area contributed by atoms with Gasteiger partial charge in [0.15, 0.2) is 0 Å². The minimum atomic E-state index is -0.667. The minimum Gasteiger partial charge on any atom is -0.396 e. The second-order valence-electron chi connectivity index (χ2n) is 5.54. The van der Waals surface area contributed by atoms with Gasteiger partial charge in [-0.3, -0.25) is 0 Å². The second kappa shape index (κ2) is 7.40. The van der Waals surface area contributed by atoms with Crippen LogP contribution in [0.4, 0.5) is 0 Å². The fourth-order valence-corrected chi connectivity index (χ4v) is 2.28. The quantitative estimate of drug-likeness (QED) is 0.598. The smallest absolute Gasteiger partial charge is 0.0531 e. The zero-order valence-corrected chi connectivity index (χ0v) is 12.8. The van der Waals surface area contributed by atoms with Crippen molar-refractivity contribution < 1.29 is 15.3 Å². The summed E-state index contributed by atoms with van der Waals surface area (Å²) in [4.78, 5) is 3.38. The molecule has 1 aromatic heterocycles. The number of H-pyrrole nitrogens is 1.